The monoisotopic (exact) mass is 154 g/mol. The summed E-state index contributed by atoms with van der Waals surface area (Å²) in [6.45, 7) is 8.33. The fourth-order valence-electron chi connectivity index (χ4n) is 0.950. The number of hydrogen-bond donors (Lipinski definition) is 0. The van der Waals surface area contributed by atoms with Crippen molar-refractivity contribution in [3.8, 4) is 0 Å². The van der Waals surface area contributed by atoms with Crippen LogP contribution in [-0.4, -0.2) is 9.78 Å². The van der Waals surface area contributed by atoms with Gasteiger partial charge in [-0.2, -0.15) is 5.10 Å². The fraction of sp³-hybridized carbons (Fsp3) is 0.667. The molecule has 1 heterocycles. The molecule has 2 heteroatoms. The van der Waals surface area contributed by atoms with Crippen molar-refractivity contribution in [1.29, 1.82) is 0 Å². The van der Waals surface area contributed by atoms with Crippen molar-refractivity contribution in [2.75, 3.05) is 0 Å². The first-order valence-electron chi connectivity index (χ1n) is 4.19. The van der Waals surface area contributed by atoms with Crippen LogP contribution >= 0.6 is 0 Å². The Bertz CT molecular complexity index is 189. The predicted molar refractivity (Wildman–Crippen MR) is 48.6 cm³/mol. The molecule has 0 bridgehead atoms. The van der Waals surface area contributed by atoms with Gasteiger partial charge in [0.15, 0.2) is 0 Å². The second kappa shape index (κ2) is 4.94. The summed E-state index contributed by atoms with van der Waals surface area (Å²) in [5.74, 6) is 0.581. The molecule has 11 heavy (non-hydrogen) atoms. The Hall–Kier alpha value is -0.790. The van der Waals surface area contributed by atoms with Crippen LogP contribution in [0.3, 0.4) is 0 Å². The zero-order valence-electron chi connectivity index (χ0n) is 8.13. The number of aromatic nitrogens is 2. The van der Waals surface area contributed by atoms with Crippen molar-refractivity contribution in [1.82, 2.24) is 9.78 Å². The third kappa shape index (κ3) is 2.74. The van der Waals surface area contributed by atoms with Gasteiger partial charge in [0.25, 0.3) is 0 Å². The van der Waals surface area contributed by atoms with Gasteiger partial charge in [-0.1, -0.05) is 27.7 Å². The second-order valence-corrected chi connectivity index (χ2v) is 2.53. The molecule has 0 fully saturated rings. The molecule has 1 aromatic rings. The maximum atomic E-state index is 4.05. The molecule has 0 atom stereocenters. The maximum Gasteiger partial charge on any atom is 0.0492 e. The van der Waals surface area contributed by atoms with E-state index in [2.05, 4.69) is 18.9 Å². The van der Waals surface area contributed by atoms with Crippen LogP contribution in [0.1, 0.15) is 39.3 Å². The number of nitrogens with zero attached hydrogens (tertiary/aromatic N) is 2. The number of rotatable bonds is 1. The van der Waals surface area contributed by atoms with Crippen molar-refractivity contribution >= 4 is 0 Å². The van der Waals surface area contributed by atoms with Crippen LogP contribution in [-0.2, 0) is 7.05 Å². The Labute approximate surface area is 69.2 Å². The van der Waals surface area contributed by atoms with E-state index in [1.54, 1.807) is 0 Å². The van der Waals surface area contributed by atoms with Gasteiger partial charge in [0.2, 0.25) is 0 Å². The van der Waals surface area contributed by atoms with Gasteiger partial charge >= 0.3 is 0 Å². The molecular formula is C9H18N2. The highest BCUT2D eigenvalue weighted by Gasteiger charge is 2.00. The van der Waals surface area contributed by atoms with Crippen molar-refractivity contribution in [3.63, 3.8) is 0 Å². The summed E-state index contributed by atoms with van der Waals surface area (Å²) in [7, 11) is 1.97. The molecule has 64 valence electrons. The minimum Gasteiger partial charge on any atom is -0.272 e. The van der Waals surface area contributed by atoms with Gasteiger partial charge in [-0.25, -0.2) is 0 Å². The lowest BCUT2D eigenvalue weighted by Gasteiger charge is -2.02. The van der Waals surface area contributed by atoms with E-state index in [-0.39, 0.29) is 0 Å². The minimum absolute atomic E-state index is 0.581. The molecule has 0 radical (unpaired) electrons. The Morgan fingerprint density at radius 3 is 2.09 bits per heavy atom. The normalized spacial score (nSPS) is 9.27. The Balaban J connectivity index is 0.000000461. The minimum atomic E-state index is 0.581. The topological polar surface area (TPSA) is 17.8 Å². The first kappa shape index (κ1) is 10.2. The quantitative estimate of drug-likeness (QED) is 0.608. The van der Waals surface area contributed by atoms with Crippen LogP contribution in [0.15, 0.2) is 12.3 Å². The molecule has 0 aromatic carbocycles. The van der Waals surface area contributed by atoms with Gasteiger partial charge in [-0.3, -0.25) is 4.68 Å². The first-order chi connectivity index (χ1) is 5.22. The highest BCUT2D eigenvalue weighted by molar-refractivity contribution is 5.04. The van der Waals surface area contributed by atoms with Gasteiger partial charge in [-0.15, -0.1) is 0 Å². The third-order valence-electron chi connectivity index (χ3n) is 1.45. The average Bonchev–Trinajstić information content (AvgIpc) is 2.39. The van der Waals surface area contributed by atoms with E-state index in [0.717, 1.165) is 0 Å². The maximum absolute atomic E-state index is 4.05. The number of hydrogen-bond acceptors (Lipinski definition) is 1. The van der Waals surface area contributed by atoms with Gasteiger partial charge in [-0.05, 0) is 12.0 Å². The highest BCUT2D eigenvalue weighted by Crippen LogP contribution is 2.10. The van der Waals surface area contributed by atoms with Crippen molar-refractivity contribution in [3.05, 3.63) is 18.0 Å². The van der Waals surface area contributed by atoms with Crippen LogP contribution < -0.4 is 0 Å². The zero-order chi connectivity index (χ0) is 8.85. The predicted octanol–water partition coefficient (Wildman–Crippen LogP) is 2.57. The molecular weight excluding hydrogens is 136 g/mol. The largest absolute Gasteiger partial charge is 0.272 e. The molecule has 1 rings (SSSR count). The molecule has 0 amide bonds. The van der Waals surface area contributed by atoms with E-state index in [4.69, 9.17) is 0 Å². The summed E-state index contributed by atoms with van der Waals surface area (Å²) >= 11 is 0. The van der Waals surface area contributed by atoms with Crippen molar-refractivity contribution in [2.24, 2.45) is 7.05 Å². The van der Waals surface area contributed by atoms with Crippen LogP contribution in [0.2, 0.25) is 0 Å². The van der Waals surface area contributed by atoms with Crippen LogP contribution in [0.5, 0.6) is 0 Å². The first-order valence-corrected chi connectivity index (χ1v) is 4.19. The van der Waals surface area contributed by atoms with E-state index in [9.17, 15) is 0 Å². The van der Waals surface area contributed by atoms with Gasteiger partial charge < -0.3 is 0 Å². The lowest BCUT2D eigenvalue weighted by Crippen LogP contribution is -1.98. The van der Waals surface area contributed by atoms with Crippen LogP contribution in [0.4, 0.5) is 0 Å². The summed E-state index contributed by atoms with van der Waals surface area (Å²) in [6, 6.07) is 2.05. The van der Waals surface area contributed by atoms with Gasteiger partial charge in [0.1, 0.15) is 0 Å². The van der Waals surface area contributed by atoms with Gasteiger partial charge in [0, 0.05) is 18.9 Å². The highest BCUT2D eigenvalue weighted by atomic mass is 15.3. The molecule has 0 saturated heterocycles. The number of aryl methyl sites for hydroxylation is 1. The molecule has 1 aromatic heterocycles. The van der Waals surface area contributed by atoms with E-state index < -0.39 is 0 Å². The van der Waals surface area contributed by atoms with E-state index in [1.165, 1.54) is 5.69 Å². The van der Waals surface area contributed by atoms with Crippen molar-refractivity contribution in [2.45, 2.75) is 33.6 Å². The van der Waals surface area contributed by atoms with E-state index >= 15 is 0 Å². The van der Waals surface area contributed by atoms with Crippen LogP contribution in [0, 0.1) is 0 Å². The van der Waals surface area contributed by atoms with E-state index in [0.29, 0.717) is 5.92 Å². The summed E-state index contributed by atoms with van der Waals surface area (Å²) in [5, 5.41) is 4.05. The smallest absolute Gasteiger partial charge is 0.0492 e. The summed E-state index contributed by atoms with van der Waals surface area (Å²) in [5.41, 5.74) is 1.29. The Kier molecular flexibility index (Phi) is 4.59. The standard InChI is InChI=1S/C7H12N2.C2H6/c1-6(2)7-4-5-8-9(7)3;1-2/h4-6H,1-3H3;1-2H3. The third-order valence-corrected chi connectivity index (χ3v) is 1.45. The molecule has 0 unspecified atom stereocenters. The van der Waals surface area contributed by atoms with Crippen LogP contribution in [0.25, 0.3) is 0 Å². The molecule has 2 nitrogen and oxygen atoms in total. The Morgan fingerprint density at radius 1 is 1.36 bits per heavy atom. The molecule has 0 saturated carbocycles. The van der Waals surface area contributed by atoms with Gasteiger partial charge in [0.05, 0.1) is 0 Å². The molecule has 0 N–H and O–H groups in total. The molecule has 0 aliphatic carbocycles. The SMILES string of the molecule is CC.CC(C)c1ccnn1C. The lowest BCUT2D eigenvalue weighted by molar-refractivity contribution is 0.669. The molecule has 0 aliphatic rings. The summed E-state index contributed by atoms with van der Waals surface area (Å²) < 4.78 is 1.91. The van der Waals surface area contributed by atoms with E-state index in [1.807, 2.05) is 37.8 Å². The second-order valence-electron chi connectivity index (χ2n) is 2.53. The molecule has 0 aliphatic heterocycles. The summed E-state index contributed by atoms with van der Waals surface area (Å²) in [4.78, 5) is 0. The molecule has 0 spiro atoms. The lowest BCUT2D eigenvalue weighted by atomic mass is 10.1. The van der Waals surface area contributed by atoms with Crippen molar-refractivity contribution < 1.29 is 0 Å². The fourth-order valence-corrected chi connectivity index (χ4v) is 0.950. The zero-order valence-corrected chi connectivity index (χ0v) is 8.13. The summed E-state index contributed by atoms with van der Waals surface area (Å²) in [6.07, 6.45) is 1.83. The average molecular weight is 154 g/mol. The Morgan fingerprint density at radius 2 is 1.91 bits per heavy atom.